The summed E-state index contributed by atoms with van der Waals surface area (Å²) in [6.07, 6.45) is 4.01. The van der Waals surface area contributed by atoms with Crippen molar-refractivity contribution in [3.05, 3.63) is 60.4 Å². The minimum atomic E-state index is -1.30. The predicted molar refractivity (Wildman–Crippen MR) is 99.7 cm³/mol. The van der Waals surface area contributed by atoms with Gasteiger partial charge in [-0.05, 0) is 54.9 Å². The Morgan fingerprint density at radius 2 is 1.88 bits per heavy atom. The zero-order valence-electron chi connectivity index (χ0n) is 14.4. The highest BCUT2D eigenvalue weighted by Crippen LogP contribution is 2.28. The van der Waals surface area contributed by atoms with Crippen molar-refractivity contribution < 1.29 is 14.8 Å². The van der Waals surface area contributed by atoms with Gasteiger partial charge in [0.2, 0.25) is 0 Å². The van der Waals surface area contributed by atoms with Crippen LogP contribution in [0.3, 0.4) is 0 Å². The quantitative estimate of drug-likeness (QED) is 0.620. The summed E-state index contributed by atoms with van der Waals surface area (Å²) >= 11 is 0. The minimum Gasteiger partial charge on any atom is -0.497 e. The van der Waals surface area contributed by atoms with Crippen molar-refractivity contribution in [1.29, 1.82) is 0 Å². The van der Waals surface area contributed by atoms with Gasteiger partial charge in [0, 0.05) is 6.54 Å². The van der Waals surface area contributed by atoms with Gasteiger partial charge in [-0.2, -0.15) is 0 Å². The van der Waals surface area contributed by atoms with E-state index in [1.165, 1.54) is 0 Å². The van der Waals surface area contributed by atoms with Crippen molar-refractivity contribution in [3.8, 4) is 5.75 Å². The molecule has 2 N–H and O–H groups in total. The summed E-state index contributed by atoms with van der Waals surface area (Å²) in [7, 11) is 0.334. The molecule has 2 aromatic carbocycles. The Morgan fingerprint density at radius 3 is 2.60 bits per heavy atom. The van der Waals surface area contributed by atoms with Crippen molar-refractivity contribution in [2.24, 2.45) is 0 Å². The van der Waals surface area contributed by atoms with Crippen LogP contribution in [0.15, 0.2) is 54.9 Å². The fraction of sp³-hybridized carbons (Fsp3) is 0.316. The highest BCUT2D eigenvalue weighted by Gasteiger charge is 2.19. The minimum absolute atomic E-state index is 0.0979. The second kappa shape index (κ2) is 8.18. The van der Waals surface area contributed by atoms with Gasteiger partial charge < -0.3 is 19.4 Å². The van der Waals surface area contributed by atoms with Gasteiger partial charge in [0.1, 0.15) is 5.75 Å². The molecule has 0 spiro atoms. The van der Waals surface area contributed by atoms with Crippen molar-refractivity contribution in [2.45, 2.75) is 31.6 Å². The first-order chi connectivity index (χ1) is 12.2. The van der Waals surface area contributed by atoms with Gasteiger partial charge in [-0.3, -0.25) is 0 Å². The summed E-state index contributed by atoms with van der Waals surface area (Å²) in [6.45, 7) is 0.856. The summed E-state index contributed by atoms with van der Waals surface area (Å²) in [6, 6.07) is 15.9. The van der Waals surface area contributed by atoms with Crippen LogP contribution < -0.4 is 4.74 Å². The lowest BCUT2D eigenvalue weighted by molar-refractivity contribution is 0.393. The molecule has 3 aromatic rings. The number of para-hydroxylation sites is 2. The third-order valence-corrected chi connectivity index (χ3v) is 4.56. The molecule has 0 aliphatic rings. The van der Waals surface area contributed by atoms with Crippen LogP contribution in [-0.2, 0) is 6.54 Å². The molecule has 6 heteroatoms. The monoisotopic (exact) mass is 338 g/mol. The topological polar surface area (TPSA) is 67.5 Å². The van der Waals surface area contributed by atoms with Crippen molar-refractivity contribution in [3.63, 3.8) is 0 Å². The van der Waals surface area contributed by atoms with E-state index in [1.807, 2.05) is 48.8 Å². The van der Waals surface area contributed by atoms with E-state index in [-0.39, 0.29) is 5.92 Å². The van der Waals surface area contributed by atoms with E-state index in [1.54, 1.807) is 7.11 Å². The Balaban J connectivity index is 1.66. The first-order valence-electron chi connectivity index (χ1n) is 8.57. The SMILES string of the molecule is COc1ccc(C(CCCn2cnc3ccccc32)CB(O)O)cc1. The first-order valence-corrected chi connectivity index (χ1v) is 8.57. The van der Waals surface area contributed by atoms with Gasteiger partial charge in [-0.25, -0.2) is 4.98 Å². The van der Waals surface area contributed by atoms with E-state index < -0.39 is 7.12 Å². The molecule has 25 heavy (non-hydrogen) atoms. The zero-order valence-corrected chi connectivity index (χ0v) is 14.4. The number of nitrogens with zero attached hydrogens (tertiary/aromatic N) is 2. The van der Waals surface area contributed by atoms with Crippen molar-refractivity contribution >= 4 is 18.2 Å². The molecule has 130 valence electrons. The van der Waals surface area contributed by atoms with Crippen LogP contribution in [0.4, 0.5) is 0 Å². The largest absolute Gasteiger partial charge is 0.497 e. The van der Waals surface area contributed by atoms with Crippen LogP contribution in [-0.4, -0.2) is 33.8 Å². The van der Waals surface area contributed by atoms with E-state index in [9.17, 15) is 10.0 Å². The number of benzene rings is 2. The molecule has 0 bridgehead atoms. The molecule has 1 heterocycles. The summed E-state index contributed by atoms with van der Waals surface area (Å²) in [5.41, 5.74) is 3.23. The van der Waals surface area contributed by atoms with Crippen LogP contribution in [0.2, 0.25) is 6.32 Å². The van der Waals surface area contributed by atoms with Crippen LogP contribution in [0.1, 0.15) is 24.3 Å². The first kappa shape index (κ1) is 17.5. The molecule has 0 aliphatic carbocycles. The number of hydrogen-bond donors (Lipinski definition) is 2. The predicted octanol–water partition coefficient (Wildman–Crippen LogP) is 3.08. The molecule has 5 nitrogen and oxygen atoms in total. The van der Waals surface area contributed by atoms with E-state index in [4.69, 9.17) is 4.74 Å². The molecule has 0 fully saturated rings. The second-order valence-electron chi connectivity index (χ2n) is 6.26. The Hall–Kier alpha value is -2.31. The molecule has 0 saturated heterocycles. The lowest BCUT2D eigenvalue weighted by Crippen LogP contribution is -2.16. The number of aryl methyl sites for hydroxylation is 1. The van der Waals surface area contributed by atoms with Crippen LogP contribution in [0.25, 0.3) is 11.0 Å². The van der Waals surface area contributed by atoms with Gasteiger partial charge in [-0.1, -0.05) is 24.3 Å². The normalized spacial score (nSPS) is 12.3. The summed E-state index contributed by atoms with van der Waals surface area (Å²) in [5.74, 6) is 0.901. The van der Waals surface area contributed by atoms with Gasteiger partial charge >= 0.3 is 7.12 Å². The number of aromatic nitrogens is 2. The molecule has 1 unspecified atom stereocenters. The maximum atomic E-state index is 9.43. The highest BCUT2D eigenvalue weighted by atomic mass is 16.5. The fourth-order valence-corrected chi connectivity index (χ4v) is 3.25. The van der Waals surface area contributed by atoms with Gasteiger partial charge in [0.05, 0.1) is 24.5 Å². The average molecular weight is 338 g/mol. The van der Waals surface area contributed by atoms with E-state index >= 15 is 0 Å². The maximum absolute atomic E-state index is 9.43. The van der Waals surface area contributed by atoms with Crippen LogP contribution >= 0.6 is 0 Å². The molecule has 1 aromatic heterocycles. The van der Waals surface area contributed by atoms with Gasteiger partial charge in [0.25, 0.3) is 0 Å². The standard InChI is InChI=1S/C19H23BN2O3/c1-25-17-10-8-15(9-11-17)16(13-20(23)24)5-4-12-22-14-21-18-6-2-3-7-19(18)22/h2-3,6-11,14,16,23-24H,4-5,12-13H2,1H3. The lowest BCUT2D eigenvalue weighted by atomic mass is 9.74. The molecule has 0 amide bonds. The summed E-state index contributed by atoms with van der Waals surface area (Å²) in [4.78, 5) is 4.41. The number of rotatable bonds is 8. The summed E-state index contributed by atoms with van der Waals surface area (Å²) < 4.78 is 7.34. The lowest BCUT2D eigenvalue weighted by Gasteiger charge is -2.17. The Morgan fingerprint density at radius 1 is 1.12 bits per heavy atom. The number of fused-ring (bicyclic) bond motifs is 1. The Labute approximate surface area is 148 Å². The Kier molecular flexibility index (Phi) is 5.73. The Bertz CT molecular complexity index is 802. The maximum Gasteiger partial charge on any atom is 0.452 e. The highest BCUT2D eigenvalue weighted by molar-refractivity contribution is 6.41. The number of methoxy groups -OCH3 is 1. The molecule has 0 aliphatic heterocycles. The number of imidazole rings is 1. The smallest absolute Gasteiger partial charge is 0.452 e. The third-order valence-electron chi connectivity index (χ3n) is 4.56. The zero-order chi connectivity index (χ0) is 17.6. The molecule has 0 saturated carbocycles. The molecular formula is C19H23BN2O3. The number of hydrogen-bond acceptors (Lipinski definition) is 4. The van der Waals surface area contributed by atoms with E-state index in [0.29, 0.717) is 6.32 Å². The molecule has 3 rings (SSSR count). The van der Waals surface area contributed by atoms with Gasteiger partial charge in [-0.15, -0.1) is 0 Å². The molecule has 1 atom stereocenters. The second-order valence-corrected chi connectivity index (χ2v) is 6.26. The summed E-state index contributed by atoms with van der Waals surface area (Å²) in [5, 5.41) is 18.9. The van der Waals surface area contributed by atoms with Crippen molar-refractivity contribution in [1.82, 2.24) is 9.55 Å². The average Bonchev–Trinajstić information content (AvgIpc) is 3.04. The third kappa shape index (κ3) is 4.41. The molecular weight excluding hydrogens is 315 g/mol. The van der Waals surface area contributed by atoms with E-state index in [2.05, 4.69) is 15.6 Å². The van der Waals surface area contributed by atoms with Crippen LogP contribution in [0, 0.1) is 0 Å². The molecule has 0 radical (unpaired) electrons. The number of ether oxygens (including phenoxy) is 1. The van der Waals surface area contributed by atoms with Gasteiger partial charge in [0.15, 0.2) is 0 Å². The van der Waals surface area contributed by atoms with Crippen LogP contribution in [0.5, 0.6) is 5.75 Å². The van der Waals surface area contributed by atoms with Crippen molar-refractivity contribution in [2.75, 3.05) is 7.11 Å². The van der Waals surface area contributed by atoms with E-state index in [0.717, 1.165) is 41.7 Å². The fourth-order valence-electron chi connectivity index (χ4n) is 3.25.